The van der Waals surface area contributed by atoms with Crippen molar-refractivity contribution in [2.45, 2.75) is 18.9 Å². The molecule has 2 heterocycles. The van der Waals surface area contributed by atoms with E-state index >= 15 is 0 Å². The van der Waals surface area contributed by atoms with Crippen LogP contribution in [-0.2, 0) is 4.74 Å². The largest absolute Gasteiger partial charge is 0.466 e. The quantitative estimate of drug-likeness (QED) is 0.831. The third kappa shape index (κ3) is 4.64. The lowest BCUT2D eigenvalue weighted by Gasteiger charge is -2.23. The molecule has 118 valence electrons. The maximum absolute atomic E-state index is 5.82. The Hall–Kier alpha value is -0.260. The van der Waals surface area contributed by atoms with Gasteiger partial charge in [-0.3, -0.25) is 4.90 Å². The van der Waals surface area contributed by atoms with Gasteiger partial charge in [0.25, 0.3) is 0 Å². The first-order valence-corrected chi connectivity index (χ1v) is 6.56. The van der Waals surface area contributed by atoms with Crippen LogP contribution in [0.1, 0.15) is 17.4 Å². The van der Waals surface area contributed by atoms with Crippen LogP contribution in [0.2, 0.25) is 0 Å². The summed E-state index contributed by atoms with van der Waals surface area (Å²) in [5, 5.41) is 0. The Balaban J connectivity index is 0.00000180. The van der Waals surface area contributed by atoms with E-state index in [-0.39, 0.29) is 24.8 Å². The van der Waals surface area contributed by atoms with Crippen molar-refractivity contribution in [3.63, 3.8) is 0 Å². The van der Waals surface area contributed by atoms with Gasteiger partial charge >= 0.3 is 0 Å². The predicted molar refractivity (Wildman–Crippen MR) is 86.5 cm³/mol. The van der Waals surface area contributed by atoms with Crippen LogP contribution in [0.4, 0.5) is 0 Å². The van der Waals surface area contributed by atoms with E-state index in [0.29, 0.717) is 12.0 Å². The number of methoxy groups -OCH3 is 1. The number of rotatable bonds is 5. The molecule has 1 aliphatic heterocycles. The molecule has 1 fully saturated rings. The molecular weight excluding hydrogens is 299 g/mol. The molecule has 0 aromatic carbocycles. The molecule has 0 unspecified atom stereocenters. The van der Waals surface area contributed by atoms with E-state index in [0.717, 1.165) is 37.8 Å². The summed E-state index contributed by atoms with van der Waals surface area (Å²) in [6, 6.07) is 4.70. The average Bonchev–Trinajstić information content (AvgIpc) is 2.92. The third-order valence-electron chi connectivity index (χ3n) is 3.77. The second-order valence-corrected chi connectivity index (χ2v) is 5.34. The molecule has 0 amide bonds. The molecule has 1 aromatic rings. The molecule has 0 spiro atoms. The zero-order chi connectivity index (χ0) is 13.1. The highest BCUT2D eigenvalue weighted by molar-refractivity contribution is 5.85. The van der Waals surface area contributed by atoms with E-state index in [4.69, 9.17) is 9.15 Å². The highest BCUT2D eigenvalue weighted by Crippen LogP contribution is 2.31. The number of nitrogens with zero attached hydrogens (tertiary/aromatic N) is 2. The van der Waals surface area contributed by atoms with Crippen LogP contribution in [-0.4, -0.2) is 63.3 Å². The molecule has 0 radical (unpaired) electrons. The summed E-state index contributed by atoms with van der Waals surface area (Å²) >= 11 is 0. The molecule has 20 heavy (non-hydrogen) atoms. The number of likely N-dealkylation sites (tertiary alicyclic amines) is 1. The maximum Gasteiger partial charge on any atom is 0.110 e. The minimum atomic E-state index is 0. The topological polar surface area (TPSA) is 28.9 Å². The Morgan fingerprint density at radius 1 is 1.30 bits per heavy atom. The summed E-state index contributed by atoms with van der Waals surface area (Å²) in [7, 11) is 6.05. The fourth-order valence-electron chi connectivity index (χ4n) is 2.72. The second kappa shape index (κ2) is 8.90. The van der Waals surface area contributed by atoms with Crippen LogP contribution in [0.15, 0.2) is 16.5 Å². The second-order valence-electron chi connectivity index (χ2n) is 5.34. The Bertz CT molecular complexity index is 385. The molecule has 1 saturated heterocycles. The summed E-state index contributed by atoms with van der Waals surface area (Å²) in [6.45, 7) is 5.94. The Morgan fingerprint density at radius 3 is 2.50 bits per heavy atom. The van der Waals surface area contributed by atoms with E-state index in [1.54, 1.807) is 7.11 Å². The van der Waals surface area contributed by atoms with Gasteiger partial charge in [0, 0.05) is 38.7 Å². The van der Waals surface area contributed by atoms with E-state index in [1.165, 1.54) is 0 Å². The summed E-state index contributed by atoms with van der Waals surface area (Å²) in [5.74, 6) is 2.58. The van der Waals surface area contributed by atoms with Crippen molar-refractivity contribution in [2.24, 2.45) is 0 Å². The van der Waals surface area contributed by atoms with Crippen LogP contribution in [0.25, 0.3) is 0 Å². The monoisotopic (exact) mass is 324 g/mol. The van der Waals surface area contributed by atoms with Gasteiger partial charge in [-0.1, -0.05) is 0 Å². The van der Waals surface area contributed by atoms with Crippen molar-refractivity contribution in [3.8, 4) is 0 Å². The summed E-state index contributed by atoms with van der Waals surface area (Å²) in [6.07, 6.45) is 0. The molecule has 4 nitrogen and oxygen atoms in total. The van der Waals surface area contributed by atoms with Crippen LogP contribution >= 0.6 is 24.8 Å². The molecule has 1 aliphatic rings. The number of likely N-dealkylation sites (N-methyl/N-ethyl adjacent to an activating group) is 1. The summed E-state index contributed by atoms with van der Waals surface area (Å²) < 4.78 is 11.0. The van der Waals surface area contributed by atoms with E-state index in [1.807, 2.05) is 6.92 Å². The van der Waals surface area contributed by atoms with Crippen LogP contribution in [0.5, 0.6) is 0 Å². The van der Waals surface area contributed by atoms with Gasteiger partial charge in [0.05, 0.1) is 6.61 Å². The molecule has 2 rings (SSSR count). The van der Waals surface area contributed by atoms with Crippen LogP contribution < -0.4 is 0 Å². The third-order valence-corrected chi connectivity index (χ3v) is 3.77. The lowest BCUT2D eigenvalue weighted by atomic mass is 10.0. The normalized spacial score (nSPS) is 22.6. The predicted octanol–water partition coefficient (Wildman–Crippen LogP) is 2.41. The van der Waals surface area contributed by atoms with E-state index < -0.39 is 0 Å². The molecular formula is C14H26Cl2N2O2. The minimum absolute atomic E-state index is 0. The van der Waals surface area contributed by atoms with Gasteiger partial charge in [-0.25, -0.2) is 0 Å². The smallest absolute Gasteiger partial charge is 0.110 e. The number of hydrogen-bond acceptors (Lipinski definition) is 4. The number of ether oxygens (including phenoxy) is 1. The summed E-state index contributed by atoms with van der Waals surface area (Å²) in [5.41, 5.74) is 0. The lowest BCUT2D eigenvalue weighted by Crippen LogP contribution is -2.34. The highest BCUT2D eigenvalue weighted by Gasteiger charge is 2.36. The Morgan fingerprint density at radius 2 is 2.00 bits per heavy atom. The minimum Gasteiger partial charge on any atom is -0.466 e. The van der Waals surface area contributed by atoms with E-state index in [2.05, 4.69) is 36.0 Å². The first kappa shape index (κ1) is 19.7. The maximum atomic E-state index is 5.82. The van der Waals surface area contributed by atoms with Crippen LogP contribution in [0.3, 0.4) is 0 Å². The van der Waals surface area contributed by atoms with Gasteiger partial charge < -0.3 is 14.1 Å². The number of aryl methyl sites for hydroxylation is 1. The van der Waals surface area contributed by atoms with Crippen molar-refractivity contribution in [3.05, 3.63) is 23.7 Å². The number of hydrogen-bond donors (Lipinski definition) is 0. The zero-order valence-corrected chi connectivity index (χ0v) is 14.3. The van der Waals surface area contributed by atoms with Gasteiger partial charge in [0.2, 0.25) is 0 Å². The Kier molecular flexibility index (Phi) is 8.79. The van der Waals surface area contributed by atoms with Gasteiger partial charge in [-0.2, -0.15) is 0 Å². The fourth-order valence-corrected chi connectivity index (χ4v) is 2.72. The Labute approximate surface area is 134 Å². The molecule has 2 atom stereocenters. The molecule has 0 bridgehead atoms. The van der Waals surface area contributed by atoms with Crippen molar-refractivity contribution >= 4 is 24.8 Å². The fraction of sp³-hybridized carbons (Fsp3) is 0.714. The number of furan rings is 1. The van der Waals surface area contributed by atoms with E-state index in [9.17, 15) is 0 Å². The van der Waals surface area contributed by atoms with Crippen molar-refractivity contribution in [1.82, 2.24) is 9.80 Å². The molecule has 1 aromatic heterocycles. The standard InChI is InChI=1S/C14H24N2O2.2ClH/c1-11-5-6-14(18-11)12-9-16(7-8-17-4)10-13(12)15(2)3;;/h5-6,12-13H,7-10H2,1-4H3;2*1H/t12-,13-;;/m0../s1. The average molecular weight is 325 g/mol. The van der Waals surface area contributed by atoms with Crippen LogP contribution in [0, 0.1) is 6.92 Å². The van der Waals surface area contributed by atoms with Crippen molar-refractivity contribution in [1.29, 1.82) is 0 Å². The highest BCUT2D eigenvalue weighted by atomic mass is 35.5. The molecule has 6 heteroatoms. The molecule has 0 aliphatic carbocycles. The number of halogens is 2. The lowest BCUT2D eigenvalue weighted by molar-refractivity contribution is 0.156. The van der Waals surface area contributed by atoms with Crippen molar-refractivity contribution in [2.75, 3.05) is 47.4 Å². The first-order valence-electron chi connectivity index (χ1n) is 6.56. The SMILES string of the molecule is COCCN1C[C@H](c2ccc(C)o2)[C@@H](N(C)C)C1.Cl.Cl. The zero-order valence-electron chi connectivity index (χ0n) is 12.7. The molecule has 0 saturated carbocycles. The van der Waals surface area contributed by atoms with Crippen molar-refractivity contribution < 1.29 is 9.15 Å². The van der Waals surface area contributed by atoms with Gasteiger partial charge in [-0.05, 0) is 33.2 Å². The molecule has 0 N–H and O–H groups in total. The first-order chi connectivity index (χ1) is 8.61. The summed E-state index contributed by atoms with van der Waals surface area (Å²) in [4.78, 5) is 4.76. The van der Waals surface area contributed by atoms with Gasteiger partial charge in [0.15, 0.2) is 0 Å². The van der Waals surface area contributed by atoms with Gasteiger partial charge in [0.1, 0.15) is 11.5 Å². The van der Waals surface area contributed by atoms with Gasteiger partial charge in [-0.15, -0.1) is 24.8 Å².